The fraction of sp³-hybridized carbons (Fsp3) is 0.214. The summed E-state index contributed by atoms with van der Waals surface area (Å²) >= 11 is 1.58. The van der Waals surface area contributed by atoms with E-state index in [0.717, 1.165) is 21.9 Å². The first-order valence-corrected chi connectivity index (χ1v) is 6.80. The lowest BCUT2D eigenvalue weighted by Gasteiger charge is -2.10. The van der Waals surface area contributed by atoms with Crippen LogP contribution in [0.5, 0.6) is 11.5 Å². The third kappa shape index (κ3) is 2.55. The maximum absolute atomic E-state index is 9.18. The average Bonchev–Trinajstić information content (AvgIpc) is 3.10. The van der Waals surface area contributed by atoms with Gasteiger partial charge in [0.15, 0.2) is 11.5 Å². The van der Waals surface area contributed by atoms with Gasteiger partial charge in [-0.1, -0.05) is 12.1 Å². The number of nitrogens with one attached hydrogen (secondary N) is 1. The largest absolute Gasteiger partial charge is 0.454 e. The lowest BCUT2D eigenvalue weighted by atomic mass is 10.2. The van der Waals surface area contributed by atoms with E-state index >= 15 is 0 Å². The number of hydrogen-bond donors (Lipinski definition) is 1. The zero-order chi connectivity index (χ0) is 13.1. The molecule has 2 aromatic rings. The van der Waals surface area contributed by atoms with E-state index in [9.17, 15) is 5.26 Å². The van der Waals surface area contributed by atoms with Crippen LogP contribution in [0.4, 0.5) is 0 Å². The number of benzene rings is 1. The van der Waals surface area contributed by atoms with Crippen LogP contribution >= 0.6 is 11.3 Å². The molecule has 2 heterocycles. The zero-order valence-corrected chi connectivity index (χ0v) is 10.9. The van der Waals surface area contributed by atoms with Crippen molar-refractivity contribution in [2.24, 2.45) is 0 Å². The van der Waals surface area contributed by atoms with Crippen LogP contribution in [0.1, 0.15) is 16.5 Å². The fourth-order valence-electron chi connectivity index (χ4n) is 1.94. The quantitative estimate of drug-likeness (QED) is 0.930. The molecule has 3 rings (SSSR count). The van der Waals surface area contributed by atoms with Gasteiger partial charge in [-0.05, 0) is 29.1 Å². The van der Waals surface area contributed by atoms with E-state index in [1.807, 2.05) is 35.7 Å². The molecular weight excluding hydrogens is 260 g/mol. The van der Waals surface area contributed by atoms with Gasteiger partial charge >= 0.3 is 0 Å². The molecule has 1 aliphatic heterocycles. The van der Waals surface area contributed by atoms with Crippen molar-refractivity contribution >= 4 is 11.3 Å². The summed E-state index contributed by atoms with van der Waals surface area (Å²) < 4.78 is 10.6. The predicted molar refractivity (Wildman–Crippen MR) is 72.1 cm³/mol. The van der Waals surface area contributed by atoms with Gasteiger partial charge in [0, 0.05) is 11.4 Å². The summed E-state index contributed by atoms with van der Waals surface area (Å²) in [6, 6.07) is 11.7. The molecule has 0 saturated heterocycles. The second kappa shape index (κ2) is 5.31. The molecule has 19 heavy (non-hydrogen) atoms. The van der Waals surface area contributed by atoms with Crippen molar-refractivity contribution in [1.29, 1.82) is 5.26 Å². The van der Waals surface area contributed by atoms with Gasteiger partial charge in [-0.15, -0.1) is 11.3 Å². The number of ether oxygens (including phenoxy) is 2. The average molecular weight is 272 g/mol. The van der Waals surface area contributed by atoms with E-state index in [1.165, 1.54) is 0 Å². The van der Waals surface area contributed by atoms with Gasteiger partial charge in [-0.25, -0.2) is 0 Å². The van der Waals surface area contributed by atoms with Crippen molar-refractivity contribution < 1.29 is 9.47 Å². The summed E-state index contributed by atoms with van der Waals surface area (Å²) in [4.78, 5) is 1.03. The van der Waals surface area contributed by atoms with Crippen molar-refractivity contribution in [2.75, 3.05) is 6.79 Å². The van der Waals surface area contributed by atoms with Crippen LogP contribution in [0.2, 0.25) is 0 Å². The van der Waals surface area contributed by atoms with E-state index in [-0.39, 0.29) is 12.8 Å². The maximum Gasteiger partial charge on any atom is 0.231 e. The molecule has 1 aromatic carbocycles. The van der Waals surface area contributed by atoms with Crippen LogP contribution in [0.15, 0.2) is 35.7 Å². The molecule has 4 nitrogen and oxygen atoms in total. The highest BCUT2D eigenvalue weighted by molar-refractivity contribution is 7.10. The van der Waals surface area contributed by atoms with Gasteiger partial charge in [-0.2, -0.15) is 5.26 Å². The van der Waals surface area contributed by atoms with Gasteiger partial charge in [0.05, 0.1) is 6.07 Å². The standard InChI is InChI=1S/C14H12N2O2S/c15-7-11(14-2-1-5-19-14)16-8-10-3-4-12-13(6-10)18-9-17-12/h1-6,11,16H,8-9H2. The molecule has 0 amide bonds. The second-order valence-corrected chi connectivity index (χ2v) is 5.13. The van der Waals surface area contributed by atoms with Crippen LogP contribution in [0.3, 0.4) is 0 Å². The molecule has 1 unspecified atom stereocenters. The molecule has 1 atom stereocenters. The Hall–Kier alpha value is -2.03. The Bertz CT molecular complexity index is 604. The highest BCUT2D eigenvalue weighted by atomic mass is 32.1. The first-order chi connectivity index (χ1) is 9.36. The number of nitriles is 1. The van der Waals surface area contributed by atoms with Crippen molar-refractivity contribution in [3.05, 3.63) is 46.2 Å². The Morgan fingerprint density at radius 1 is 1.32 bits per heavy atom. The first-order valence-electron chi connectivity index (χ1n) is 5.92. The second-order valence-electron chi connectivity index (χ2n) is 4.15. The minimum atomic E-state index is -0.273. The van der Waals surface area contributed by atoms with Crippen molar-refractivity contribution in [3.63, 3.8) is 0 Å². The number of thiophene rings is 1. The predicted octanol–water partition coefficient (Wildman–Crippen LogP) is 2.83. The summed E-state index contributed by atoms with van der Waals surface area (Å²) in [5, 5.41) is 14.4. The minimum Gasteiger partial charge on any atom is -0.454 e. The first kappa shape index (κ1) is 12.0. The summed E-state index contributed by atoms with van der Waals surface area (Å²) in [6.07, 6.45) is 0. The third-order valence-corrected chi connectivity index (χ3v) is 3.84. The van der Waals surface area contributed by atoms with E-state index in [0.29, 0.717) is 6.54 Å². The summed E-state index contributed by atoms with van der Waals surface area (Å²) in [5.41, 5.74) is 1.07. The summed E-state index contributed by atoms with van der Waals surface area (Å²) in [5.74, 6) is 1.54. The molecule has 1 aromatic heterocycles. The number of rotatable bonds is 4. The van der Waals surface area contributed by atoms with Crippen molar-refractivity contribution in [2.45, 2.75) is 12.6 Å². The molecule has 0 bridgehead atoms. The lowest BCUT2D eigenvalue weighted by molar-refractivity contribution is 0.174. The molecule has 0 fully saturated rings. The third-order valence-electron chi connectivity index (χ3n) is 2.90. The van der Waals surface area contributed by atoms with Crippen molar-refractivity contribution in [1.82, 2.24) is 5.32 Å². The highest BCUT2D eigenvalue weighted by Gasteiger charge is 2.14. The Kier molecular flexibility index (Phi) is 3.36. The Morgan fingerprint density at radius 3 is 3.00 bits per heavy atom. The van der Waals surface area contributed by atoms with Gasteiger partial charge in [0.2, 0.25) is 6.79 Å². The molecule has 0 saturated carbocycles. The molecule has 5 heteroatoms. The molecule has 0 spiro atoms. The molecular formula is C14H12N2O2S. The molecule has 96 valence electrons. The molecule has 1 aliphatic rings. The number of hydrogen-bond acceptors (Lipinski definition) is 5. The molecule has 0 radical (unpaired) electrons. The Balaban J connectivity index is 1.67. The summed E-state index contributed by atoms with van der Waals surface area (Å²) in [7, 11) is 0. The van der Waals surface area contributed by atoms with E-state index < -0.39 is 0 Å². The normalized spacial score (nSPS) is 14.1. The van der Waals surface area contributed by atoms with E-state index in [2.05, 4.69) is 11.4 Å². The smallest absolute Gasteiger partial charge is 0.231 e. The van der Waals surface area contributed by atoms with Gasteiger partial charge in [0.25, 0.3) is 0 Å². The number of nitrogens with zero attached hydrogens (tertiary/aromatic N) is 1. The van der Waals surface area contributed by atoms with Gasteiger partial charge < -0.3 is 9.47 Å². The molecule has 1 N–H and O–H groups in total. The molecule has 0 aliphatic carbocycles. The van der Waals surface area contributed by atoms with Crippen molar-refractivity contribution in [3.8, 4) is 17.6 Å². The van der Waals surface area contributed by atoms with Crippen LogP contribution in [0, 0.1) is 11.3 Å². The lowest BCUT2D eigenvalue weighted by Crippen LogP contribution is -2.18. The zero-order valence-electron chi connectivity index (χ0n) is 10.1. The monoisotopic (exact) mass is 272 g/mol. The fourth-order valence-corrected chi connectivity index (χ4v) is 2.68. The minimum absolute atomic E-state index is 0.273. The maximum atomic E-state index is 9.18. The van der Waals surface area contributed by atoms with Crippen LogP contribution in [-0.2, 0) is 6.54 Å². The summed E-state index contributed by atoms with van der Waals surface area (Å²) in [6.45, 7) is 0.898. The van der Waals surface area contributed by atoms with Crippen LogP contribution in [0.25, 0.3) is 0 Å². The van der Waals surface area contributed by atoms with Gasteiger partial charge in [0.1, 0.15) is 6.04 Å². The van der Waals surface area contributed by atoms with Crippen LogP contribution < -0.4 is 14.8 Å². The highest BCUT2D eigenvalue weighted by Crippen LogP contribution is 2.32. The topological polar surface area (TPSA) is 54.3 Å². The van der Waals surface area contributed by atoms with E-state index in [1.54, 1.807) is 11.3 Å². The SMILES string of the molecule is N#CC(NCc1ccc2c(c1)OCO2)c1cccs1. The van der Waals surface area contributed by atoms with Crippen LogP contribution in [-0.4, -0.2) is 6.79 Å². The number of fused-ring (bicyclic) bond motifs is 1. The van der Waals surface area contributed by atoms with Gasteiger partial charge in [-0.3, -0.25) is 5.32 Å². The Labute approximate surface area is 115 Å². The Morgan fingerprint density at radius 2 is 2.21 bits per heavy atom. The van der Waals surface area contributed by atoms with E-state index in [4.69, 9.17) is 9.47 Å².